The maximum atomic E-state index is 14.3. The molecule has 11 heteroatoms. The van der Waals surface area contributed by atoms with Crippen LogP contribution < -0.4 is 16.0 Å². The third-order valence-corrected chi connectivity index (χ3v) is 9.39. The van der Waals surface area contributed by atoms with Gasteiger partial charge in [0.05, 0.1) is 12.7 Å². The van der Waals surface area contributed by atoms with Gasteiger partial charge in [-0.25, -0.2) is 4.79 Å². The quantitative estimate of drug-likeness (QED) is 0.242. The minimum absolute atomic E-state index is 0.0285. The number of fused-ring (bicyclic) bond motifs is 1. The summed E-state index contributed by atoms with van der Waals surface area (Å²) in [4.78, 5) is 67.0. The number of ether oxygens (including phenoxy) is 1. The molecule has 5 atom stereocenters. The lowest BCUT2D eigenvalue weighted by atomic mass is 9.83. The van der Waals surface area contributed by atoms with Gasteiger partial charge in [0.1, 0.15) is 24.2 Å². The summed E-state index contributed by atoms with van der Waals surface area (Å²) in [5.74, 6) is -3.25. The van der Waals surface area contributed by atoms with Crippen LogP contribution in [0.25, 0.3) is 10.8 Å². The van der Waals surface area contributed by atoms with Gasteiger partial charge >= 0.3 is 5.97 Å². The van der Waals surface area contributed by atoms with Crippen LogP contribution in [0.4, 0.5) is 0 Å². The Morgan fingerprint density at radius 2 is 1.66 bits per heavy atom. The molecule has 11 nitrogen and oxygen atoms in total. The number of carbonyl (C=O) groups is 5. The number of amides is 4. The first-order valence-corrected chi connectivity index (χ1v) is 17.0. The molecule has 1 aliphatic heterocycles. The summed E-state index contributed by atoms with van der Waals surface area (Å²) in [6, 6.07) is 10.1. The molecule has 0 bridgehead atoms. The van der Waals surface area contributed by atoms with E-state index in [2.05, 4.69) is 16.0 Å². The standard InChI is InChI=1S/C36H50N4O7/c1-5-12-29(36(45)46)38-33(42)30-19-27(47-21-26-17-11-16-24-13-9-10-18-28(24)26)20-40(30)35(44)31(22(2)3)39-34(43)32(37-23(4)41)25-14-7-6-8-15-25/h9-11,13,16-18,22,25,27,29-32H,5-8,12,14-15,19-21H2,1-4H3,(H,37,41)(H,38,42)(H,39,43)(H,45,46)/t27-,29+,30+,31+,32+/m1/s1. The summed E-state index contributed by atoms with van der Waals surface area (Å²) < 4.78 is 6.32. The highest BCUT2D eigenvalue weighted by Crippen LogP contribution is 2.28. The van der Waals surface area contributed by atoms with E-state index in [1.54, 1.807) is 0 Å². The smallest absolute Gasteiger partial charge is 0.326 e. The Kier molecular flexibility index (Phi) is 12.8. The molecule has 256 valence electrons. The Bertz CT molecular complexity index is 1420. The van der Waals surface area contributed by atoms with Gasteiger partial charge in [0.2, 0.25) is 23.6 Å². The van der Waals surface area contributed by atoms with Crippen LogP contribution in [-0.4, -0.2) is 76.4 Å². The molecular weight excluding hydrogens is 600 g/mol. The van der Waals surface area contributed by atoms with Crippen molar-refractivity contribution in [2.45, 2.75) is 116 Å². The van der Waals surface area contributed by atoms with Gasteiger partial charge in [0.15, 0.2) is 0 Å². The summed E-state index contributed by atoms with van der Waals surface area (Å²) in [6.07, 6.45) is 5.13. The highest BCUT2D eigenvalue weighted by atomic mass is 16.5. The van der Waals surface area contributed by atoms with Crippen LogP contribution in [0.1, 0.15) is 84.6 Å². The summed E-state index contributed by atoms with van der Waals surface area (Å²) >= 11 is 0. The predicted molar refractivity (Wildman–Crippen MR) is 178 cm³/mol. The van der Waals surface area contributed by atoms with E-state index in [1.807, 2.05) is 63.2 Å². The Balaban J connectivity index is 1.55. The van der Waals surface area contributed by atoms with Crippen molar-refractivity contribution in [1.82, 2.24) is 20.9 Å². The number of carboxylic acids is 1. The number of carboxylic acid groups (broad SMARTS) is 1. The first kappa shape index (κ1) is 35.9. The molecule has 0 unspecified atom stereocenters. The number of carbonyl (C=O) groups excluding carboxylic acids is 4. The van der Waals surface area contributed by atoms with Gasteiger partial charge in [0, 0.05) is 19.9 Å². The van der Waals surface area contributed by atoms with Crippen molar-refractivity contribution in [3.63, 3.8) is 0 Å². The lowest BCUT2D eigenvalue weighted by molar-refractivity contribution is -0.145. The van der Waals surface area contributed by atoms with Gasteiger partial charge in [-0.05, 0) is 47.4 Å². The number of nitrogens with one attached hydrogen (secondary N) is 3. The summed E-state index contributed by atoms with van der Waals surface area (Å²) in [5, 5.41) is 20.2. The maximum Gasteiger partial charge on any atom is 0.326 e. The lowest BCUT2D eigenvalue weighted by Crippen LogP contribution is -2.59. The highest BCUT2D eigenvalue weighted by molar-refractivity contribution is 5.95. The number of nitrogens with zero attached hydrogens (tertiary/aromatic N) is 1. The van der Waals surface area contributed by atoms with Gasteiger partial charge < -0.3 is 30.7 Å². The van der Waals surface area contributed by atoms with Crippen molar-refractivity contribution >= 4 is 40.4 Å². The minimum atomic E-state index is -1.14. The van der Waals surface area contributed by atoms with Crippen molar-refractivity contribution < 1.29 is 33.8 Å². The number of hydrogen-bond donors (Lipinski definition) is 4. The normalized spacial score (nSPS) is 20.4. The van der Waals surface area contributed by atoms with Gasteiger partial charge in [-0.15, -0.1) is 0 Å². The molecule has 1 aliphatic carbocycles. The van der Waals surface area contributed by atoms with Gasteiger partial charge in [-0.1, -0.05) is 88.9 Å². The SMILES string of the molecule is CCC[C@H](NC(=O)[C@@H]1C[C@@H](OCc2cccc3ccccc23)CN1C(=O)[C@@H](NC(=O)[C@@H](NC(C)=O)C1CCCCC1)C(C)C)C(=O)O. The fourth-order valence-electron chi connectivity index (χ4n) is 6.87. The van der Waals surface area contributed by atoms with Gasteiger partial charge in [-0.3, -0.25) is 19.2 Å². The van der Waals surface area contributed by atoms with Gasteiger partial charge in [0.25, 0.3) is 0 Å². The second-order valence-electron chi connectivity index (χ2n) is 13.3. The Morgan fingerprint density at radius 3 is 2.32 bits per heavy atom. The molecule has 4 rings (SSSR count). The molecule has 0 spiro atoms. The number of likely N-dealkylation sites (tertiary alicyclic amines) is 1. The van der Waals surface area contributed by atoms with E-state index in [0.29, 0.717) is 6.42 Å². The molecule has 1 saturated carbocycles. The minimum Gasteiger partial charge on any atom is -0.480 e. The zero-order valence-electron chi connectivity index (χ0n) is 28.0. The molecule has 2 aromatic rings. The number of aliphatic carboxylic acids is 1. The Morgan fingerprint density at radius 1 is 0.957 bits per heavy atom. The van der Waals surface area contributed by atoms with E-state index >= 15 is 0 Å². The molecule has 0 aromatic heterocycles. The van der Waals surface area contributed by atoms with Crippen LogP contribution in [0, 0.1) is 11.8 Å². The van der Waals surface area contributed by atoms with E-state index in [-0.39, 0.29) is 43.7 Å². The van der Waals surface area contributed by atoms with E-state index < -0.39 is 54.0 Å². The first-order valence-electron chi connectivity index (χ1n) is 17.0. The van der Waals surface area contributed by atoms with E-state index in [1.165, 1.54) is 11.8 Å². The average molecular weight is 651 g/mol. The molecule has 47 heavy (non-hydrogen) atoms. The second-order valence-corrected chi connectivity index (χ2v) is 13.3. The van der Waals surface area contributed by atoms with Crippen LogP contribution >= 0.6 is 0 Å². The maximum absolute atomic E-state index is 14.3. The monoisotopic (exact) mass is 650 g/mol. The van der Waals surface area contributed by atoms with E-state index in [9.17, 15) is 29.1 Å². The van der Waals surface area contributed by atoms with Crippen LogP contribution in [0.2, 0.25) is 0 Å². The third-order valence-electron chi connectivity index (χ3n) is 9.39. The first-order chi connectivity index (χ1) is 22.5. The lowest BCUT2D eigenvalue weighted by Gasteiger charge is -2.34. The third kappa shape index (κ3) is 9.31. The molecule has 2 aliphatic rings. The molecule has 4 N–H and O–H groups in total. The van der Waals surface area contributed by atoms with Crippen LogP contribution in [0.15, 0.2) is 42.5 Å². The zero-order valence-corrected chi connectivity index (χ0v) is 28.0. The van der Waals surface area contributed by atoms with Gasteiger partial charge in [-0.2, -0.15) is 0 Å². The molecule has 2 fully saturated rings. The predicted octanol–water partition coefficient (Wildman–Crippen LogP) is 3.92. The number of rotatable bonds is 14. The Labute approximate surface area is 277 Å². The molecule has 2 aromatic carbocycles. The largest absolute Gasteiger partial charge is 0.480 e. The molecule has 1 heterocycles. The second kappa shape index (κ2) is 16.7. The van der Waals surface area contributed by atoms with Crippen molar-refractivity contribution in [2.24, 2.45) is 11.8 Å². The summed E-state index contributed by atoms with van der Waals surface area (Å²) in [6.45, 7) is 7.21. The summed E-state index contributed by atoms with van der Waals surface area (Å²) in [5.41, 5.74) is 0.974. The zero-order chi connectivity index (χ0) is 34.1. The number of benzene rings is 2. The molecule has 1 saturated heterocycles. The van der Waals surface area contributed by atoms with E-state index in [4.69, 9.17) is 4.74 Å². The van der Waals surface area contributed by atoms with Crippen LogP contribution in [0.3, 0.4) is 0 Å². The topological polar surface area (TPSA) is 154 Å². The van der Waals surface area contributed by atoms with E-state index in [0.717, 1.165) is 48.4 Å². The molecular formula is C36H50N4O7. The fraction of sp³-hybridized carbons (Fsp3) is 0.583. The molecule has 4 amide bonds. The van der Waals surface area contributed by atoms with Crippen LogP contribution in [0.5, 0.6) is 0 Å². The van der Waals surface area contributed by atoms with Crippen LogP contribution in [-0.2, 0) is 35.3 Å². The average Bonchev–Trinajstić information content (AvgIpc) is 3.49. The molecule has 0 radical (unpaired) electrons. The highest BCUT2D eigenvalue weighted by Gasteiger charge is 2.44. The van der Waals surface area contributed by atoms with Crippen molar-refractivity contribution in [3.8, 4) is 0 Å². The van der Waals surface area contributed by atoms with Crippen molar-refractivity contribution in [3.05, 3.63) is 48.0 Å². The van der Waals surface area contributed by atoms with Crippen molar-refractivity contribution in [1.29, 1.82) is 0 Å². The Hall–Kier alpha value is -3.99. The fourth-order valence-corrected chi connectivity index (χ4v) is 6.87. The number of hydrogen-bond acceptors (Lipinski definition) is 6. The summed E-state index contributed by atoms with van der Waals surface area (Å²) in [7, 11) is 0. The van der Waals surface area contributed by atoms with Crippen molar-refractivity contribution in [2.75, 3.05) is 6.54 Å².